The standard InChI is InChI=1S/C9H5ClF3N3/c10-8-2-1-5(4-14-8)6-3-7(16-15-6)9(11,12)13/h1-4H,(H,15,16). The van der Waals surface area contributed by atoms with Gasteiger partial charge in [0.05, 0.1) is 5.69 Å². The van der Waals surface area contributed by atoms with Crippen LogP contribution in [0.2, 0.25) is 5.15 Å². The first-order valence-corrected chi connectivity index (χ1v) is 4.59. The molecule has 0 amide bonds. The van der Waals surface area contributed by atoms with Crippen molar-refractivity contribution >= 4 is 11.6 Å². The second kappa shape index (κ2) is 3.79. The molecule has 0 radical (unpaired) electrons. The lowest BCUT2D eigenvalue weighted by atomic mass is 10.2. The van der Waals surface area contributed by atoms with Gasteiger partial charge in [0, 0.05) is 11.8 Å². The summed E-state index contributed by atoms with van der Waals surface area (Å²) in [6.07, 6.45) is -3.07. The van der Waals surface area contributed by atoms with E-state index in [0.29, 0.717) is 5.56 Å². The van der Waals surface area contributed by atoms with E-state index in [9.17, 15) is 13.2 Å². The number of rotatable bonds is 1. The molecule has 0 fully saturated rings. The van der Waals surface area contributed by atoms with Crippen molar-refractivity contribution in [2.45, 2.75) is 6.18 Å². The number of nitrogens with one attached hydrogen (secondary N) is 1. The zero-order chi connectivity index (χ0) is 11.8. The van der Waals surface area contributed by atoms with Crippen molar-refractivity contribution < 1.29 is 13.2 Å². The fourth-order valence-corrected chi connectivity index (χ4v) is 1.25. The van der Waals surface area contributed by atoms with Gasteiger partial charge in [-0.05, 0) is 18.2 Å². The highest BCUT2D eigenvalue weighted by Gasteiger charge is 2.33. The number of pyridine rings is 1. The Morgan fingerprint density at radius 2 is 2.00 bits per heavy atom. The maximum Gasteiger partial charge on any atom is 0.432 e. The van der Waals surface area contributed by atoms with Crippen LogP contribution in [0.15, 0.2) is 24.4 Å². The van der Waals surface area contributed by atoms with E-state index in [4.69, 9.17) is 11.6 Å². The third-order valence-electron chi connectivity index (χ3n) is 1.91. The molecule has 2 aromatic heterocycles. The van der Waals surface area contributed by atoms with E-state index in [-0.39, 0.29) is 10.8 Å². The third kappa shape index (κ3) is 2.16. The van der Waals surface area contributed by atoms with Crippen LogP contribution in [0.25, 0.3) is 11.3 Å². The lowest BCUT2D eigenvalue weighted by molar-refractivity contribution is -0.141. The Labute approximate surface area is 93.3 Å². The van der Waals surface area contributed by atoms with Gasteiger partial charge in [0.1, 0.15) is 10.8 Å². The number of aromatic nitrogens is 3. The first-order chi connectivity index (χ1) is 7.47. The minimum atomic E-state index is -4.43. The van der Waals surface area contributed by atoms with Gasteiger partial charge in [-0.2, -0.15) is 18.3 Å². The summed E-state index contributed by atoms with van der Waals surface area (Å²) in [6.45, 7) is 0. The van der Waals surface area contributed by atoms with Crippen molar-refractivity contribution in [3.8, 4) is 11.3 Å². The van der Waals surface area contributed by atoms with Crippen LogP contribution in [0.3, 0.4) is 0 Å². The van der Waals surface area contributed by atoms with Crippen LogP contribution in [-0.4, -0.2) is 15.2 Å². The minimum Gasteiger partial charge on any atom is -0.273 e. The van der Waals surface area contributed by atoms with Crippen LogP contribution in [-0.2, 0) is 6.18 Å². The summed E-state index contributed by atoms with van der Waals surface area (Å²) in [5.74, 6) is 0. The molecule has 0 aliphatic carbocycles. The Kier molecular flexibility index (Phi) is 2.59. The summed E-state index contributed by atoms with van der Waals surface area (Å²) in [5, 5.41) is 5.75. The van der Waals surface area contributed by atoms with Crippen molar-refractivity contribution in [1.29, 1.82) is 0 Å². The van der Waals surface area contributed by atoms with Crippen LogP contribution < -0.4 is 0 Å². The number of halogens is 4. The molecular weight excluding hydrogens is 243 g/mol. The van der Waals surface area contributed by atoms with Gasteiger partial charge >= 0.3 is 6.18 Å². The minimum absolute atomic E-state index is 0.177. The molecule has 84 valence electrons. The molecule has 0 aliphatic heterocycles. The van der Waals surface area contributed by atoms with Gasteiger partial charge in [-0.3, -0.25) is 5.10 Å². The summed E-state index contributed by atoms with van der Waals surface area (Å²) in [6, 6.07) is 3.95. The van der Waals surface area contributed by atoms with Crippen LogP contribution >= 0.6 is 11.6 Å². The molecular formula is C9H5ClF3N3. The zero-order valence-corrected chi connectivity index (χ0v) is 8.47. The fourth-order valence-electron chi connectivity index (χ4n) is 1.14. The average Bonchev–Trinajstić information content (AvgIpc) is 2.67. The first-order valence-electron chi connectivity index (χ1n) is 4.21. The van der Waals surface area contributed by atoms with E-state index in [1.54, 1.807) is 6.07 Å². The lowest BCUT2D eigenvalue weighted by Gasteiger charge is -1.99. The number of hydrogen-bond acceptors (Lipinski definition) is 2. The number of aromatic amines is 1. The van der Waals surface area contributed by atoms with Crippen LogP contribution in [0.4, 0.5) is 13.2 Å². The largest absolute Gasteiger partial charge is 0.432 e. The smallest absolute Gasteiger partial charge is 0.273 e. The molecule has 0 aromatic carbocycles. The average molecular weight is 248 g/mol. The normalized spacial score (nSPS) is 11.8. The van der Waals surface area contributed by atoms with E-state index in [1.165, 1.54) is 12.3 Å². The van der Waals surface area contributed by atoms with Crippen molar-refractivity contribution in [2.24, 2.45) is 0 Å². The highest BCUT2D eigenvalue weighted by atomic mass is 35.5. The maximum absolute atomic E-state index is 12.3. The quantitative estimate of drug-likeness (QED) is 0.787. The second-order valence-corrected chi connectivity index (χ2v) is 3.42. The summed E-state index contributed by atoms with van der Waals surface area (Å²) in [7, 11) is 0. The number of alkyl halides is 3. The van der Waals surface area contributed by atoms with Crippen LogP contribution in [0.5, 0.6) is 0 Å². The maximum atomic E-state index is 12.3. The molecule has 2 rings (SSSR count). The molecule has 0 unspecified atom stereocenters. The fraction of sp³-hybridized carbons (Fsp3) is 0.111. The van der Waals surface area contributed by atoms with E-state index in [2.05, 4.69) is 10.1 Å². The Hall–Kier alpha value is -1.56. The molecule has 0 aliphatic rings. The van der Waals surface area contributed by atoms with Gasteiger partial charge < -0.3 is 0 Å². The highest BCUT2D eigenvalue weighted by molar-refractivity contribution is 6.29. The third-order valence-corrected chi connectivity index (χ3v) is 2.13. The van der Waals surface area contributed by atoms with Crippen molar-refractivity contribution in [3.05, 3.63) is 35.2 Å². The molecule has 0 bridgehead atoms. The second-order valence-electron chi connectivity index (χ2n) is 3.03. The van der Waals surface area contributed by atoms with Gasteiger partial charge in [-0.15, -0.1) is 0 Å². The molecule has 2 aromatic rings. The molecule has 7 heteroatoms. The van der Waals surface area contributed by atoms with Gasteiger partial charge in [-0.1, -0.05) is 11.6 Å². The summed E-state index contributed by atoms with van der Waals surface area (Å²) >= 11 is 5.56. The SMILES string of the molecule is FC(F)(F)c1cc(-c2ccc(Cl)nc2)n[nH]1. The lowest BCUT2D eigenvalue weighted by Crippen LogP contribution is -2.04. The Balaban J connectivity index is 2.35. The number of nitrogens with zero attached hydrogens (tertiary/aromatic N) is 2. The predicted molar refractivity (Wildman–Crippen MR) is 51.8 cm³/mol. The predicted octanol–water partition coefficient (Wildman–Crippen LogP) is 3.14. The van der Waals surface area contributed by atoms with Crippen LogP contribution in [0.1, 0.15) is 5.69 Å². The van der Waals surface area contributed by atoms with Crippen LogP contribution in [0, 0.1) is 0 Å². The Morgan fingerprint density at radius 1 is 1.25 bits per heavy atom. The van der Waals surface area contributed by atoms with Gasteiger partial charge in [0.15, 0.2) is 0 Å². The summed E-state index contributed by atoms with van der Waals surface area (Å²) in [4.78, 5) is 3.76. The molecule has 3 nitrogen and oxygen atoms in total. The molecule has 0 spiro atoms. The topological polar surface area (TPSA) is 41.6 Å². The molecule has 2 heterocycles. The Bertz CT molecular complexity index is 489. The molecule has 1 N–H and O–H groups in total. The van der Waals surface area contributed by atoms with Crippen molar-refractivity contribution in [3.63, 3.8) is 0 Å². The molecule has 0 saturated heterocycles. The van der Waals surface area contributed by atoms with Crippen molar-refractivity contribution in [1.82, 2.24) is 15.2 Å². The molecule has 0 saturated carbocycles. The van der Waals surface area contributed by atoms with E-state index in [0.717, 1.165) is 6.07 Å². The van der Waals surface area contributed by atoms with Crippen molar-refractivity contribution in [2.75, 3.05) is 0 Å². The van der Waals surface area contributed by atoms with E-state index in [1.807, 2.05) is 5.10 Å². The summed E-state index contributed by atoms with van der Waals surface area (Å²) in [5.41, 5.74) is -0.245. The summed E-state index contributed by atoms with van der Waals surface area (Å²) < 4.78 is 36.8. The van der Waals surface area contributed by atoms with E-state index >= 15 is 0 Å². The first kappa shape index (κ1) is 10.9. The highest BCUT2D eigenvalue weighted by Crippen LogP contribution is 2.30. The molecule has 16 heavy (non-hydrogen) atoms. The van der Waals surface area contributed by atoms with Gasteiger partial charge in [-0.25, -0.2) is 4.98 Å². The molecule has 0 atom stereocenters. The van der Waals surface area contributed by atoms with Gasteiger partial charge in [0.25, 0.3) is 0 Å². The monoisotopic (exact) mass is 247 g/mol. The zero-order valence-electron chi connectivity index (χ0n) is 7.72. The number of hydrogen-bond donors (Lipinski definition) is 1. The number of H-pyrrole nitrogens is 1. The van der Waals surface area contributed by atoms with Gasteiger partial charge in [0.2, 0.25) is 0 Å². The Morgan fingerprint density at radius 3 is 2.50 bits per heavy atom. The van der Waals surface area contributed by atoms with E-state index < -0.39 is 11.9 Å².